The van der Waals surface area contributed by atoms with Gasteiger partial charge in [0, 0.05) is 6.54 Å². The number of hydrogen-bond acceptors (Lipinski definition) is 4. The lowest BCUT2D eigenvalue weighted by molar-refractivity contribution is 0.0950. The van der Waals surface area contributed by atoms with Gasteiger partial charge in [0.15, 0.2) is 5.01 Å². The predicted molar refractivity (Wildman–Crippen MR) is 105 cm³/mol. The standard InChI is InChI=1S/C18H11BrClF2N3OS/c19-13-7-11(3-6-15(13)22)8-14(20)17-24-25-18(27-17)16(26)23-9-10-1-4-12(21)5-2-10/h1-8H,9H2,(H,23,26)/b14-8-. The SMILES string of the molecule is O=C(NCc1ccc(F)cc1)c1nnc(/C(Cl)=C/c2ccc(F)c(Br)c2)s1. The van der Waals surface area contributed by atoms with Gasteiger partial charge in [-0.05, 0) is 57.4 Å². The molecule has 9 heteroatoms. The van der Waals surface area contributed by atoms with E-state index in [4.69, 9.17) is 11.6 Å². The molecule has 4 nitrogen and oxygen atoms in total. The summed E-state index contributed by atoms with van der Waals surface area (Å²) in [4.78, 5) is 12.2. The fourth-order valence-corrected chi connectivity index (χ4v) is 3.43. The van der Waals surface area contributed by atoms with Crippen LogP contribution in [0.3, 0.4) is 0 Å². The Morgan fingerprint density at radius 1 is 1.15 bits per heavy atom. The van der Waals surface area contributed by atoms with Crippen molar-refractivity contribution in [2.24, 2.45) is 0 Å². The van der Waals surface area contributed by atoms with E-state index >= 15 is 0 Å². The molecule has 138 valence electrons. The van der Waals surface area contributed by atoms with Crippen LogP contribution in [0.15, 0.2) is 46.9 Å². The normalized spacial score (nSPS) is 11.5. The van der Waals surface area contributed by atoms with E-state index in [0.29, 0.717) is 15.0 Å². The summed E-state index contributed by atoms with van der Waals surface area (Å²) >= 11 is 10.4. The third kappa shape index (κ3) is 5.18. The Bertz CT molecular complexity index is 1010. The topological polar surface area (TPSA) is 54.9 Å². The smallest absolute Gasteiger partial charge is 0.282 e. The van der Waals surface area contributed by atoms with Gasteiger partial charge in [0.2, 0.25) is 5.01 Å². The molecule has 0 radical (unpaired) electrons. The highest BCUT2D eigenvalue weighted by atomic mass is 79.9. The van der Waals surface area contributed by atoms with Crippen molar-refractivity contribution in [1.29, 1.82) is 0 Å². The molecule has 0 fully saturated rings. The summed E-state index contributed by atoms with van der Waals surface area (Å²) in [6.07, 6.45) is 1.60. The van der Waals surface area contributed by atoms with Crippen molar-refractivity contribution in [3.05, 3.63) is 79.7 Å². The number of carbonyl (C=O) groups excluding carboxylic acids is 1. The molecular weight excluding hydrogens is 460 g/mol. The van der Waals surface area contributed by atoms with E-state index in [2.05, 4.69) is 31.4 Å². The molecule has 3 rings (SSSR count). The van der Waals surface area contributed by atoms with E-state index in [1.54, 1.807) is 30.3 Å². The molecule has 0 atom stereocenters. The van der Waals surface area contributed by atoms with Gasteiger partial charge in [-0.25, -0.2) is 8.78 Å². The zero-order chi connectivity index (χ0) is 19.4. The molecule has 0 spiro atoms. The lowest BCUT2D eigenvalue weighted by Gasteiger charge is -2.02. The van der Waals surface area contributed by atoms with E-state index < -0.39 is 5.91 Å². The number of benzene rings is 2. The average Bonchev–Trinajstić information content (AvgIpc) is 3.14. The van der Waals surface area contributed by atoms with Gasteiger partial charge in [-0.2, -0.15) is 0 Å². The second kappa shape index (κ2) is 8.69. The van der Waals surface area contributed by atoms with Crippen molar-refractivity contribution in [2.75, 3.05) is 0 Å². The number of rotatable bonds is 5. The van der Waals surface area contributed by atoms with Gasteiger partial charge in [-0.15, -0.1) is 10.2 Å². The third-order valence-corrected chi connectivity index (χ3v) is 5.39. The van der Waals surface area contributed by atoms with Gasteiger partial charge < -0.3 is 5.32 Å². The minimum Gasteiger partial charge on any atom is -0.346 e. The first-order valence-electron chi connectivity index (χ1n) is 7.61. The number of amides is 1. The summed E-state index contributed by atoms with van der Waals surface area (Å²) in [5, 5.41) is 11.2. The largest absolute Gasteiger partial charge is 0.346 e. The first-order valence-corrected chi connectivity index (χ1v) is 9.60. The van der Waals surface area contributed by atoms with Crippen LogP contribution in [0.25, 0.3) is 11.1 Å². The average molecular weight is 471 g/mol. The maximum atomic E-state index is 13.3. The van der Waals surface area contributed by atoms with Gasteiger partial charge in [0.05, 0.1) is 9.51 Å². The summed E-state index contributed by atoms with van der Waals surface area (Å²) < 4.78 is 26.5. The van der Waals surface area contributed by atoms with Crippen LogP contribution in [-0.4, -0.2) is 16.1 Å². The fraction of sp³-hybridized carbons (Fsp3) is 0.0556. The minimum absolute atomic E-state index is 0.152. The monoisotopic (exact) mass is 469 g/mol. The Labute approximate surface area is 171 Å². The molecule has 1 heterocycles. The van der Waals surface area contributed by atoms with Crippen LogP contribution >= 0.6 is 38.9 Å². The van der Waals surface area contributed by atoms with Crippen molar-refractivity contribution < 1.29 is 13.6 Å². The highest BCUT2D eigenvalue weighted by molar-refractivity contribution is 9.10. The van der Waals surface area contributed by atoms with Crippen LogP contribution in [0.2, 0.25) is 0 Å². The Morgan fingerprint density at radius 2 is 1.85 bits per heavy atom. The fourth-order valence-electron chi connectivity index (χ4n) is 2.08. The maximum absolute atomic E-state index is 13.3. The molecule has 1 aromatic heterocycles. The number of aromatic nitrogens is 2. The first-order chi connectivity index (χ1) is 12.9. The van der Waals surface area contributed by atoms with Crippen molar-refractivity contribution in [3.63, 3.8) is 0 Å². The van der Waals surface area contributed by atoms with E-state index in [1.165, 1.54) is 18.2 Å². The molecule has 0 aliphatic rings. The summed E-state index contributed by atoms with van der Waals surface area (Å²) in [7, 11) is 0. The molecule has 0 bridgehead atoms. The third-order valence-electron chi connectivity index (χ3n) is 3.43. The molecule has 27 heavy (non-hydrogen) atoms. The molecule has 1 N–H and O–H groups in total. The van der Waals surface area contributed by atoms with Gasteiger partial charge in [-0.1, -0.05) is 41.1 Å². The van der Waals surface area contributed by atoms with Crippen LogP contribution in [0.5, 0.6) is 0 Å². The zero-order valence-electron chi connectivity index (χ0n) is 13.5. The van der Waals surface area contributed by atoms with Crippen LogP contribution in [0, 0.1) is 11.6 Å². The van der Waals surface area contributed by atoms with E-state index in [0.717, 1.165) is 16.9 Å². The number of hydrogen-bond donors (Lipinski definition) is 1. The van der Waals surface area contributed by atoms with E-state index in [1.807, 2.05) is 0 Å². The summed E-state index contributed by atoms with van der Waals surface area (Å²) in [6, 6.07) is 10.3. The Morgan fingerprint density at radius 3 is 2.56 bits per heavy atom. The molecule has 0 unspecified atom stereocenters. The summed E-state index contributed by atoms with van der Waals surface area (Å²) in [5.74, 6) is -1.12. The van der Waals surface area contributed by atoms with Gasteiger partial charge in [-0.3, -0.25) is 4.79 Å². The van der Waals surface area contributed by atoms with Crippen LogP contribution in [0.1, 0.15) is 25.9 Å². The Kier molecular flexibility index (Phi) is 6.30. The zero-order valence-corrected chi connectivity index (χ0v) is 16.7. The van der Waals surface area contributed by atoms with Crippen molar-refractivity contribution in [3.8, 4) is 0 Å². The predicted octanol–water partition coefficient (Wildman–Crippen LogP) is 5.25. The molecule has 0 saturated heterocycles. The van der Waals surface area contributed by atoms with Crippen LogP contribution in [0.4, 0.5) is 8.78 Å². The molecule has 0 aliphatic heterocycles. The molecule has 0 saturated carbocycles. The Hall–Kier alpha value is -2.16. The highest BCUT2D eigenvalue weighted by Crippen LogP contribution is 2.27. The molecule has 0 aliphatic carbocycles. The number of nitrogens with zero attached hydrogens (tertiary/aromatic N) is 2. The highest BCUT2D eigenvalue weighted by Gasteiger charge is 2.14. The number of carbonyl (C=O) groups is 1. The second-order valence-corrected chi connectivity index (χ2v) is 7.63. The molecule has 2 aromatic carbocycles. The van der Waals surface area contributed by atoms with E-state index in [-0.39, 0.29) is 28.2 Å². The lowest BCUT2D eigenvalue weighted by atomic mass is 10.2. The van der Waals surface area contributed by atoms with Gasteiger partial charge >= 0.3 is 0 Å². The lowest BCUT2D eigenvalue weighted by Crippen LogP contribution is -2.22. The molecule has 1 amide bonds. The second-order valence-electron chi connectivity index (χ2n) is 5.39. The summed E-state index contributed by atoms with van der Waals surface area (Å²) in [5.41, 5.74) is 1.43. The number of nitrogens with one attached hydrogen (secondary N) is 1. The Balaban J connectivity index is 1.67. The van der Waals surface area contributed by atoms with Crippen LogP contribution in [-0.2, 0) is 6.54 Å². The van der Waals surface area contributed by atoms with Crippen LogP contribution < -0.4 is 5.32 Å². The van der Waals surface area contributed by atoms with Crippen molar-refractivity contribution in [2.45, 2.75) is 6.54 Å². The molecular formula is C18H11BrClF2N3OS. The minimum atomic E-state index is -0.405. The van der Waals surface area contributed by atoms with Crippen molar-refractivity contribution in [1.82, 2.24) is 15.5 Å². The first kappa shape index (κ1) is 19.6. The van der Waals surface area contributed by atoms with Gasteiger partial charge in [0.1, 0.15) is 11.6 Å². The van der Waals surface area contributed by atoms with Gasteiger partial charge in [0.25, 0.3) is 5.91 Å². The quantitative estimate of drug-likeness (QED) is 0.554. The summed E-state index contributed by atoms with van der Waals surface area (Å²) in [6.45, 7) is 0.237. The van der Waals surface area contributed by atoms with E-state index in [9.17, 15) is 13.6 Å². The maximum Gasteiger partial charge on any atom is 0.282 e. The molecule has 3 aromatic rings. The number of halogens is 4. The van der Waals surface area contributed by atoms with Crippen molar-refractivity contribution >= 4 is 55.9 Å².